The van der Waals surface area contributed by atoms with Gasteiger partial charge >= 0.3 is 0 Å². The molecule has 2 aromatic carbocycles. The van der Waals surface area contributed by atoms with Crippen molar-refractivity contribution in [2.75, 3.05) is 22.4 Å². The first-order valence-corrected chi connectivity index (χ1v) is 9.97. The Balaban J connectivity index is 1.98. The van der Waals surface area contributed by atoms with Crippen molar-refractivity contribution in [2.24, 2.45) is 0 Å². The number of nitrogens with one attached hydrogen (secondary N) is 1. The van der Waals surface area contributed by atoms with E-state index in [0.717, 1.165) is 0 Å². The van der Waals surface area contributed by atoms with Crippen LogP contribution < -0.4 is 14.4 Å². The molecule has 6 nitrogen and oxygen atoms in total. The minimum absolute atomic E-state index is 0.0343. The van der Waals surface area contributed by atoms with Crippen LogP contribution in [0.1, 0.15) is 20.3 Å². The summed E-state index contributed by atoms with van der Waals surface area (Å²) in [5.74, 6) is -0.104. The van der Waals surface area contributed by atoms with Gasteiger partial charge in [-0.25, -0.2) is 8.42 Å². The topological polar surface area (TPSA) is 75.7 Å². The molecule has 0 saturated carbocycles. The lowest BCUT2D eigenvalue weighted by atomic mass is 10.2. The van der Waals surface area contributed by atoms with Gasteiger partial charge in [-0.2, -0.15) is 0 Å². The fourth-order valence-corrected chi connectivity index (χ4v) is 3.46. The predicted octanol–water partition coefficient (Wildman–Crippen LogP) is 3.27. The van der Waals surface area contributed by atoms with Crippen molar-refractivity contribution >= 4 is 27.3 Å². The maximum absolute atomic E-state index is 12.4. The van der Waals surface area contributed by atoms with Crippen LogP contribution in [0.15, 0.2) is 54.6 Å². The normalized spacial score (nSPS) is 11.2. The SMILES string of the molecule is CC(C)Oc1ccccc1NC(=O)CCS(=O)(=O)N(C)c1ccccc1. The van der Waals surface area contributed by atoms with Crippen LogP contribution in [-0.4, -0.2) is 33.2 Å². The third-order valence-electron chi connectivity index (χ3n) is 3.65. The fourth-order valence-electron chi connectivity index (χ4n) is 2.30. The molecule has 0 aliphatic rings. The summed E-state index contributed by atoms with van der Waals surface area (Å²) in [6.07, 6.45) is -0.178. The Morgan fingerprint density at radius 2 is 1.69 bits per heavy atom. The summed E-state index contributed by atoms with van der Waals surface area (Å²) in [7, 11) is -2.11. The van der Waals surface area contributed by atoms with Gasteiger partial charge in [0, 0.05) is 13.5 Å². The van der Waals surface area contributed by atoms with E-state index in [4.69, 9.17) is 4.74 Å². The quantitative estimate of drug-likeness (QED) is 0.767. The lowest BCUT2D eigenvalue weighted by molar-refractivity contribution is -0.115. The van der Waals surface area contributed by atoms with Gasteiger partial charge in [-0.15, -0.1) is 0 Å². The Labute approximate surface area is 154 Å². The van der Waals surface area contributed by atoms with Crippen LogP contribution in [0.25, 0.3) is 0 Å². The lowest BCUT2D eigenvalue weighted by Crippen LogP contribution is -2.30. The summed E-state index contributed by atoms with van der Waals surface area (Å²) in [6, 6.07) is 15.8. The molecule has 0 aromatic heterocycles. The summed E-state index contributed by atoms with van der Waals surface area (Å²) in [6.45, 7) is 3.79. The number of amides is 1. The molecule has 0 heterocycles. The first-order valence-electron chi connectivity index (χ1n) is 8.37. The summed E-state index contributed by atoms with van der Waals surface area (Å²) in [5.41, 5.74) is 1.09. The standard InChI is InChI=1S/C19H24N2O4S/c1-15(2)25-18-12-8-7-11-17(18)20-19(22)13-14-26(23,24)21(3)16-9-5-4-6-10-16/h4-12,15H,13-14H2,1-3H3,(H,20,22). The Hall–Kier alpha value is -2.54. The first kappa shape index (κ1) is 19.8. The Kier molecular flexibility index (Phi) is 6.63. The first-order chi connectivity index (χ1) is 12.3. The van der Waals surface area contributed by atoms with E-state index in [1.165, 1.54) is 11.4 Å². The van der Waals surface area contributed by atoms with Crippen LogP contribution in [0, 0.1) is 0 Å². The van der Waals surface area contributed by atoms with Crippen LogP contribution in [0.5, 0.6) is 5.75 Å². The summed E-state index contributed by atoms with van der Waals surface area (Å²) >= 11 is 0. The number of benzene rings is 2. The maximum atomic E-state index is 12.4. The molecule has 140 valence electrons. The van der Waals surface area contributed by atoms with Crippen LogP contribution in [0.4, 0.5) is 11.4 Å². The molecule has 1 amide bonds. The van der Waals surface area contributed by atoms with Crippen molar-refractivity contribution in [1.82, 2.24) is 0 Å². The second kappa shape index (κ2) is 8.71. The number of carbonyl (C=O) groups is 1. The molecule has 26 heavy (non-hydrogen) atoms. The summed E-state index contributed by atoms with van der Waals surface area (Å²) in [5, 5.41) is 2.72. The highest BCUT2D eigenvalue weighted by Crippen LogP contribution is 2.25. The lowest BCUT2D eigenvalue weighted by Gasteiger charge is -2.19. The molecule has 0 radical (unpaired) electrons. The number of sulfonamides is 1. The van der Waals surface area contributed by atoms with Crippen molar-refractivity contribution < 1.29 is 17.9 Å². The van der Waals surface area contributed by atoms with E-state index < -0.39 is 10.0 Å². The zero-order valence-corrected chi connectivity index (χ0v) is 16.0. The molecule has 1 N–H and O–H groups in total. The highest BCUT2D eigenvalue weighted by atomic mass is 32.2. The second-order valence-electron chi connectivity index (χ2n) is 6.08. The number of para-hydroxylation sites is 3. The van der Waals surface area contributed by atoms with Gasteiger partial charge in [0.15, 0.2) is 0 Å². The highest BCUT2D eigenvalue weighted by Gasteiger charge is 2.20. The summed E-state index contributed by atoms with van der Waals surface area (Å²) < 4.78 is 31.7. The number of nitrogens with zero attached hydrogens (tertiary/aromatic N) is 1. The minimum atomic E-state index is -3.59. The smallest absolute Gasteiger partial charge is 0.235 e. The molecular formula is C19H24N2O4S. The van der Waals surface area contributed by atoms with E-state index in [9.17, 15) is 13.2 Å². The monoisotopic (exact) mass is 376 g/mol. The van der Waals surface area contributed by atoms with E-state index in [1.54, 1.807) is 42.5 Å². The minimum Gasteiger partial charge on any atom is -0.489 e. The van der Waals surface area contributed by atoms with Gasteiger partial charge in [0.25, 0.3) is 0 Å². The zero-order chi connectivity index (χ0) is 19.2. The Morgan fingerprint density at radius 1 is 1.08 bits per heavy atom. The average Bonchev–Trinajstić information content (AvgIpc) is 2.61. The summed E-state index contributed by atoms with van der Waals surface area (Å²) in [4.78, 5) is 12.2. The van der Waals surface area contributed by atoms with Gasteiger partial charge in [0.2, 0.25) is 15.9 Å². The number of hydrogen-bond donors (Lipinski definition) is 1. The Bertz CT molecular complexity index is 836. The van der Waals surface area contributed by atoms with Crippen molar-refractivity contribution in [1.29, 1.82) is 0 Å². The molecule has 0 atom stereocenters. The van der Waals surface area contributed by atoms with Gasteiger partial charge in [-0.1, -0.05) is 30.3 Å². The van der Waals surface area contributed by atoms with Gasteiger partial charge in [0.1, 0.15) is 5.75 Å². The molecule has 0 fully saturated rings. The van der Waals surface area contributed by atoms with Crippen LogP contribution in [-0.2, 0) is 14.8 Å². The third kappa shape index (κ3) is 5.49. The van der Waals surface area contributed by atoms with Gasteiger partial charge in [0.05, 0.1) is 23.2 Å². The predicted molar refractivity (Wildman–Crippen MR) is 104 cm³/mol. The molecule has 0 saturated heterocycles. The van der Waals surface area contributed by atoms with E-state index in [1.807, 2.05) is 26.0 Å². The molecule has 7 heteroatoms. The van der Waals surface area contributed by atoms with Crippen molar-refractivity contribution in [3.8, 4) is 5.75 Å². The molecule has 2 rings (SSSR count). The van der Waals surface area contributed by atoms with Crippen LogP contribution in [0.2, 0.25) is 0 Å². The van der Waals surface area contributed by atoms with Crippen LogP contribution >= 0.6 is 0 Å². The second-order valence-corrected chi connectivity index (χ2v) is 8.20. The number of rotatable bonds is 8. The van der Waals surface area contributed by atoms with Crippen LogP contribution in [0.3, 0.4) is 0 Å². The number of hydrogen-bond acceptors (Lipinski definition) is 4. The Morgan fingerprint density at radius 3 is 2.35 bits per heavy atom. The third-order valence-corrected chi connectivity index (χ3v) is 5.41. The molecular weight excluding hydrogens is 352 g/mol. The van der Waals surface area contributed by atoms with Crippen molar-refractivity contribution in [3.05, 3.63) is 54.6 Å². The highest BCUT2D eigenvalue weighted by molar-refractivity contribution is 7.92. The van der Waals surface area contributed by atoms with Crippen molar-refractivity contribution in [3.63, 3.8) is 0 Å². The average molecular weight is 376 g/mol. The molecule has 2 aromatic rings. The zero-order valence-electron chi connectivity index (χ0n) is 15.2. The van der Waals surface area contributed by atoms with Gasteiger partial charge < -0.3 is 10.1 Å². The maximum Gasteiger partial charge on any atom is 0.235 e. The molecule has 0 unspecified atom stereocenters. The van der Waals surface area contributed by atoms with Gasteiger partial charge in [-0.3, -0.25) is 9.10 Å². The largest absolute Gasteiger partial charge is 0.489 e. The molecule has 0 aliphatic heterocycles. The van der Waals surface area contributed by atoms with E-state index >= 15 is 0 Å². The number of carbonyl (C=O) groups excluding carboxylic acids is 1. The van der Waals surface area contributed by atoms with E-state index in [-0.39, 0.29) is 24.2 Å². The molecule has 0 spiro atoms. The number of ether oxygens (including phenoxy) is 1. The molecule has 0 bridgehead atoms. The van der Waals surface area contributed by atoms with Gasteiger partial charge in [-0.05, 0) is 38.1 Å². The van der Waals surface area contributed by atoms with E-state index in [2.05, 4.69) is 5.32 Å². The van der Waals surface area contributed by atoms with E-state index in [0.29, 0.717) is 17.1 Å². The fraction of sp³-hybridized carbons (Fsp3) is 0.316. The van der Waals surface area contributed by atoms with Crippen molar-refractivity contribution in [2.45, 2.75) is 26.4 Å². The molecule has 0 aliphatic carbocycles. The number of anilines is 2.